The maximum atomic E-state index is 8.64. The fraction of sp³-hybridized carbons (Fsp3) is 0.278. The lowest BCUT2D eigenvalue weighted by molar-refractivity contribution is 0.0992. The van der Waals surface area contributed by atoms with Gasteiger partial charge >= 0.3 is 0 Å². The first-order valence-corrected chi connectivity index (χ1v) is 8.48. The SMILES string of the molecule is Cc1ccc2nc(-c3ccc(NCCOCCO)cc3)sc2c1. The zero-order valence-corrected chi connectivity index (χ0v) is 13.9. The van der Waals surface area contributed by atoms with E-state index >= 15 is 0 Å². The Bertz CT molecular complexity index is 768. The van der Waals surface area contributed by atoms with Crippen LogP contribution in [-0.2, 0) is 4.74 Å². The van der Waals surface area contributed by atoms with Gasteiger partial charge in [0.15, 0.2) is 0 Å². The van der Waals surface area contributed by atoms with Crippen LogP contribution >= 0.6 is 11.3 Å². The van der Waals surface area contributed by atoms with Crippen molar-refractivity contribution in [1.82, 2.24) is 4.98 Å². The smallest absolute Gasteiger partial charge is 0.124 e. The number of hydrogen-bond donors (Lipinski definition) is 2. The van der Waals surface area contributed by atoms with E-state index in [2.05, 4.69) is 54.7 Å². The Kier molecular flexibility index (Phi) is 5.23. The van der Waals surface area contributed by atoms with Crippen molar-refractivity contribution >= 4 is 27.2 Å². The van der Waals surface area contributed by atoms with Gasteiger partial charge in [0.25, 0.3) is 0 Å². The molecule has 0 unspecified atom stereocenters. The first-order chi connectivity index (χ1) is 11.3. The Morgan fingerprint density at radius 3 is 2.74 bits per heavy atom. The number of fused-ring (bicyclic) bond motifs is 1. The largest absolute Gasteiger partial charge is 0.394 e. The van der Waals surface area contributed by atoms with Crippen LogP contribution in [0.25, 0.3) is 20.8 Å². The van der Waals surface area contributed by atoms with Crippen LogP contribution in [-0.4, -0.2) is 36.5 Å². The van der Waals surface area contributed by atoms with Gasteiger partial charge in [-0.3, -0.25) is 0 Å². The van der Waals surface area contributed by atoms with E-state index in [0.29, 0.717) is 13.2 Å². The first kappa shape index (κ1) is 15.9. The first-order valence-electron chi connectivity index (χ1n) is 7.66. The summed E-state index contributed by atoms with van der Waals surface area (Å²) in [5, 5.41) is 13.0. The lowest BCUT2D eigenvalue weighted by Gasteiger charge is -2.07. The third-order valence-corrected chi connectivity index (χ3v) is 4.55. The summed E-state index contributed by atoms with van der Waals surface area (Å²) in [6.45, 7) is 3.86. The molecule has 2 N–H and O–H groups in total. The second kappa shape index (κ2) is 7.55. The summed E-state index contributed by atoms with van der Waals surface area (Å²) < 4.78 is 6.45. The standard InChI is InChI=1S/C18H20N2O2S/c1-13-2-7-16-17(12-13)23-18(20-16)14-3-5-15(6-4-14)19-8-10-22-11-9-21/h2-7,12,19,21H,8-11H2,1H3. The zero-order valence-electron chi connectivity index (χ0n) is 13.1. The molecule has 0 atom stereocenters. The predicted octanol–water partition coefficient (Wildman–Crippen LogP) is 3.69. The molecule has 3 aromatic rings. The third-order valence-electron chi connectivity index (χ3n) is 3.49. The molecule has 23 heavy (non-hydrogen) atoms. The summed E-state index contributed by atoms with van der Waals surface area (Å²) in [5.41, 5.74) is 4.50. The minimum atomic E-state index is 0.0659. The van der Waals surface area contributed by atoms with E-state index in [9.17, 15) is 0 Å². The van der Waals surface area contributed by atoms with E-state index in [4.69, 9.17) is 14.8 Å². The van der Waals surface area contributed by atoms with Crippen molar-refractivity contribution < 1.29 is 9.84 Å². The number of aliphatic hydroxyl groups is 1. The van der Waals surface area contributed by atoms with Gasteiger partial charge in [0.2, 0.25) is 0 Å². The Labute approximate surface area is 139 Å². The van der Waals surface area contributed by atoms with Crippen LogP contribution in [0.5, 0.6) is 0 Å². The minimum absolute atomic E-state index is 0.0659. The monoisotopic (exact) mass is 328 g/mol. The second-order valence-electron chi connectivity index (χ2n) is 5.33. The highest BCUT2D eigenvalue weighted by Gasteiger charge is 2.06. The highest BCUT2D eigenvalue weighted by Crippen LogP contribution is 2.31. The number of nitrogens with zero attached hydrogens (tertiary/aromatic N) is 1. The molecule has 0 saturated heterocycles. The van der Waals surface area contributed by atoms with Crippen molar-refractivity contribution in [3.8, 4) is 10.6 Å². The summed E-state index contributed by atoms with van der Waals surface area (Å²) in [7, 11) is 0. The Morgan fingerprint density at radius 2 is 1.96 bits per heavy atom. The molecule has 0 radical (unpaired) electrons. The lowest BCUT2D eigenvalue weighted by Crippen LogP contribution is -2.11. The predicted molar refractivity (Wildman–Crippen MR) is 96.2 cm³/mol. The molecule has 0 saturated carbocycles. The number of benzene rings is 2. The van der Waals surface area contributed by atoms with E-state index < -0.39 is 0 Å². The van der Waals surface area contributed by atoms with E-state index in [0.717, 1.165) is 28.3 Å². The van der Waals surface area contributed by atoms with Crippen LogP contribution in [0.2, 0.25) is 0 Å². The van der Waals surface area contributed by atoms with Crippen molar-refractivity contribution in [1.29, 1.82) is 0 Å². The van der Waals surface area contributed by atoms with Gasteiger partial charge in [-0.1, -0.05) is 6.07 Å². The summed E-state index contributed by atoms with van der Waals surface area (Å²) in [6.07, 6.45) is 0. The van der Waals surface area contributed by atoms with Crippen LogP contribution in [0.3, 0.4) is 0 Å². The van der Waals surface area contributed by atoms with Crippen molar-refractivity contribution in [2.45, 2.75) is 6.92 Å². The normalized spacial score (nSPS) is 11.0. The highest BCUT2D eigenvalue weighted by atomic mass is 32.1. The molecule has 1 heterocycles. The number of rotatable bonds is 7. The molecule has 5 heteroatoms. The van der Waals surface area contributed by atoms with E-state index in [1.54, 1.807) is 11.3 Å². The summed E-state index contributed by atoms with van der Waals surface area (Å²) >= 11 is 1.72. The fourth-order valence-corrected chi connectivity index (χ4v) is 3.39. The van der Waals surface area contributed by atoms with Crippen molar-refractivity contribution in [3.05, 3.63) is 48.0 Å². The van der Waals surface area contributed by atoms with Gasteiger partial charge in [-0.05, 0) is 48.9 Å². The molecule has 3 rings (SSSR count). The molecule has 0 fully saturated rings. The molecule has 4 nitrogen and oxygen atoms in total. The molecule has 0 amide bonds. The number of ether oxygens (including phenoxy) is 1. The number of aliphatic hydroxyl groups excluding tert-OH is 1. The van der Waals surface area contributed by atoms with Crippen molar-refractivity contribution in [2.24, 2.45) is 0 Å². The molecule has 0 bridgehead atoms. The van der Waals surface area contributed by atoms with E-state index in [1.165, 1.54) is 10.3 Å². The van der Waals surface area contributed by atoms with Crippen molar-refractivity contribution in [2.75, 3.05) is 31.7 Å². The number of anilines is 1. The maximum Gasteiger partial charge on any atom is 0.124 e. The lowest BCUT2D eigenvalue weighted by atomic mass is 10.2. The van der Waals surface area contributed by atoms with Gasteiger partial charge in [-0.25, -0.2) is 4.98 Å². The van der Waals surface area contributed by atoms with Crippen LogP contribution in [0.4, 0.5) is 5.69 Å². The van der Waals surface area contributed by atoms with Crippen molar-refractivity contribution in [3.63, 3.8) is 0 Å². The maximum absolute atomic E-state index is 8.64. The summed E-state index contributed by atoms with van der Waals surface area (Å²) in [6, 6.07) is 14.6. The van der Waals surface area contributed by atoms with Gasteiger partial charge in [-0.15, -0.1) is 11.3 Å². The summed E-state index contributed by atoms with van der Waals surface area (Å²) in [5.74, 6) is 0. The van der Waals surface area contributed by atoms with E-state index in [1.807, 2.05) is 0 Å². The summed E-state index contributed by atoms with van der Waals surface area (Å²) in [4.78, 5) is 4.70. The molecule has 120 valence electrons. The zero-order chi connectivity index (χ0) is 16.1. The molecular weight excluding hydrogens is 308 g/mol. The Balaban J connectivity index is 1.66. The number of aromatic nitrogens is 1. The number of thiazole rings is 1. The second-order valence-corrected chi connectivity index (χ2v) is 6.36. The number of hydrogen-bond acceptors (Lipinski definition) is 5. The molecule has 0 aliphatic carbocycles. The molecule has 0 aliphatic rings. The van der Waals surface area contributed by atoms with Crippen LogP contribution in [0.15, 0.2) is 42.5 Å². The third kappa shape index (κ3) is 4.07. The van der Waals surface area contributed by atoms with Gasteiger partial charge < -0.3 is 15.2 Å². The Hall–Kier alpha value is -1.95. The average molecular weight is 328 g/mol. The van der Waals surface area contributed by atoms with Crippen LogP contribution in [0, 0.1) is 6.92 Å². The molecule has 2 aromatic carbocycles. The van der Waals surface area contributed by atoms with Crippen LogP contribution in [0.1, 0.15) is 5.56 Å². The Morgan fingerprint density at radius 1 is 1.13 bits per heavy atom. The van der Waals surface area contributed by atoms with E-state index in [-0.39, 0.29) is 6.61 Å². The number of aryl methyl sites for hydroxylation is 1. The molecular formula is C18H20N2O2S. The highest BCUT2D eigenvalue weighted by molar-refractivity contribution is 7.21. The molecule has 1 aromatic heterocycles. The van der Waals surface area contributed by atoms with Gasteiger partial charge in [0.1, 0.15) is 5.01 Å². The fourth-order valence-electron chi connectivity index (χ4n) is 2.32. The molecule has 0 aliphatic heterocycles. The average Bonchev–Trinajstić information content (AvgIpc) is 2.98. The molecule has 0 spiro atoms. The van der Waals surface area contributed by atoms with Gasteiger partial charge in [0.05, 0.1) is 30.0 Å². The topological polar surface area (TPSA) is 54.4 Å². The quantitative estimate of drug-likeness (QED) is 0.650. The number of nitrogens with one attached hydrogen (secondary N) is 1. The van der Waals surface area contributed by atoms with Gasteiger partial charge in [0, 0.05) is 17.8 Å². The minimum Gasteiger partial charge on any atom is -0.394 e. The van der Waals surface area contributed by atoms with Gasteiger partial charge in [-0.2, -0.15) is 0 Å². The van der Waals surface area contributed by atoms with Crippen LogP contribution < -0.4 is 5.32 Å².